The van der Waals surface area contributed by atoms with Gasteiger partial charge < -0.3 is 14.6 Å². The van der Waals surface area contributed by atoms with Crippen molar-refractivity contribution in [3.8, 4) is 11.3 Å². The smallest absolute Gasteiger partial charge is 0.236 e. The molecule has 1 unspecified atom stereocenters. The number of aromatic amines is 1. The van der Waals surface area contributed by atoms with Crippen molar-refractivity contribution >= 4 is 16.8 Å². The van der Waals surface area contributed by atoms with Gasteiger partial charge in [-0.3, -0.25) is 14.7 Å². The van der Waals surface area contributed by atoms with Crippen molar-refractivity contribution < 1.29 is 9.53 Å². The van der Waals surface area contributed by atoms with E-state index in [0.29, 0.717) is 25.0 Å². The number of aryl methyl sites for hydroxylation is 2. The summed E-state index contributed by atoms with van der Waals surface area (Å²) in [6.45, 7) is 12.6. The summed E-state index contributed by atoms with van der Waals surface area (Å²) in [7, 11) is 1.93. The van der Waals surface area contributed by atoms with Gasteiger partial charge in [0.05, 0.1) is 24.9 Å². The summed E-state index contributed by atoms with van der Waals surface area (Å²) in [5.74, 6) is 1.16. The Balaban J connectivity index is 1.31. The van der Waals surface area contributed by atoms with E-state index in [1.54, 1.807) is 0 Å². The number of nitrogens with zero attached hydrogens (tertiary/aromatic N) is 3. The van der Waals surface area contributed by atoms with Gasteiger partial charge in [-0.15, -0.1) is 0 Å². The van der Waals surface area contributed by atoms with Gasteiger partial charge in [0, 0.05) is 41.5 Å². The van der Waals surface area contributed by atoms with Crippen LogP contribution < -0.4 is 0 Å². The maximum Gasteiger partial charge on any atom is 0.236 e. The quantitative estimate of drug-likeness (QED) is 0.505. The molecule has 2 aliphatic heterocycles. The molecule has 0 bridgehead atoms. The number of hydrogen-bond acceptors (Lipinski definition) is 4. The molecule has 2 aromatic heterocycles. The van der Waals surface area contributed by atoms with E-state index < -0.39 is 0 Å². The van der Waals surface area contributed by atoms with E-state index in [4.69, 9.17) is 4.74 Å². The summed E-state index contributed by atoms with van der Waals surface area (Å²) >= 11 is 0. The number of carbonyl (C=O) groups is 1. The van der Waals surface area contributed by atoms with Crippen molar-refractivity contribution in [2.24, 2.45) is 0 Å². The van der Waals surface area contributed by atoms with Crippen molar-refractivity contribution in [2.45, 2.75) is 64.8 Å². The SMILES string of the molecule is Cc1cc(-c2[nH]c3ccc(C4CCN(CC(=O)N(C)C5CCOC5)CC4)cc3c2C(C)C)cc(C)n1. The minimum atomic E-state index is 0.216. The standard InChI is InChI=1S/C30H40N4O2/c1-19(2)29-26-16-23(6-7-27(26)32-30(29)24-14-20(3)31-21(4)15-24)22-8-11-34(12-9-22)17-28(35)33(5)25-10-13-36-18-25/h6-7,14-16,19,22,25,32H,8-13,17-18H2,1-5H3. The molecule has 0 spiro atoms. The first-order chi connectivity index (χ1) is 17.3. The van der Waals surface area contributed by atoms with Gasteiger partial charge in [0.15, 0.2) is 0 Å². The average Bonchev–Trinajstić information content (AvgIpc) is 3.51. The van der Waals surface area contributed by atoms with Crippen LogP contribution in [0, 0.1) is 13.8 Å². The first-order valence-electron chi connectivity index (χ1n) is 13.5. The molecule has 4 heterocycles. The van der Waals surface area contributed by atoms with Gasteiger partial charge in [-0.2, -0.15) is 0 Å². The molecule has 1 amide bonds. The largest absolute Gasteiger partial charge is 0.379 e. The Kier molecular flexibility index (Phi) is 7.18. The zero-order chi connectivity index (χ0) is 25.4. The monoisotopic (exact) mass is 488 g/mol. The average molecular weight is 489 g/mol. The van der Waals surface area contributed by atoms with Gasteiger partial charge in [0.1, 0.15) is 0 Å². The van der Waals surface area contributed by atoms with Crippen LogP contribution in [0.1, 0.15) is 67.5 Å². The predicted molar refractivity (Wildman–Crippen MR) is 146 cm³/mol. The summed E-state index contributed by atoms with van der Waals surface area (Å²) in [5, 5.41) is 1.34. The van der Waals surface area contributed by atoms with Crippen LogP contribution in [0.5, 0.6) is 0 Å². The fourth-order valence-corrected chi connectivity index (χ4v) is 6.05. The molecule has 36 heavy (non-hydrogen) atoms. The molecule has 2 saturated heterocycles. The molecule has 1 atom stereocenters. The Morgan fingerprint density at radius 3 is 2.50 bits per heavy atom. The van der Waals surface area contributed by atoms with E-state index in [0.717, 1.165) is 50.3 Å². The molecule has 2 fully saturated rings. The molecule has 0 saturated carbocycles. The highest BCUT2D eigenvalue weighted by Gasteiger charge is 2.28. The number of H-pyrrole nitrogens is 1. The second kappa shape index (κ2) is 10.3. The number of rotatable bonds is 6. The molecule has 192 valence electrons. The molecule has 6 nitrogen and oxygen atoms in total. The molecule has 0 aliphatic carbocycles. The van der Waals surface area contributed by atoms with Crippen LogP contribution in [-0.2, 0) is 9.53 Å². The van der Waals surface area contributed by atoms with Gasteiger partial charge in [0.2, 0.25) is 5.91 Å². The maximum atomic E-state index is 12.8. The Labute approximate surface area is 215 Å². The maximum absolute atomic E-state index is 12.8. The lowest BCUT2D eigenvalue weighted by molar-refractivity contribution is -0.133. The number of likely N-dealkylation sites (tertiary alicyclic amines) is 1. The number of hydrogen-bond donors (Lipinski definition) is 1. The third-order valence-corrected chi connectivity index (χ3v) is 8.07. The molecule has 3 aromatic rings. The third-order valence-electron chi connectivity index (χ3n) is 8.07. The lowest BCUT2D eigenvalue weighted by Crippen LogP contribution is -2.45. The van der Waals surface area contributed by atoms with Crippen molar-refractivity contribution in [2.75, 3.05) is 39.9 Å². The van der Waals surface area contributed by atoms with Gasteiger partial charge in [-0.1, -0.05) is 19.9 Å². The van der Waals surface area contributed by atoms with E-state index in [-0.39, 0.29) is 11.9 Å². The van der Waals surface area contributed by atoms with Crippen LogP contribution in [0.2, 0.25) is 0 Å². The summed E-state index contributed by atoms with van der Waals surface area (Å²) in [4.78, 5) is 25.3. The van der Waals surface area contributed by atoms with Crippen LogP contribution in [0.4, 0.5) is 0 Å². The molecular formula is C30H40N4O2. The highest BCUT2D eigenvalue weighted by molar-refractivity contribution is 5.92. The van der Waals surface area contributed by atoms with Gasteiger partial charge >= 0.3 is 0 Å². The number of pyridine rings is 1. The van der Waals surface area contributed by atoms with Gasteiger partial charge in [-0.25, -0.2) is 0 Å². The number of piperidine rings is 1. The Morgan fingerprint density at radius 1 is 1.14 bits per heavy atom. The topological polar surface area (TPSA) is 61.5 Å². The highest BCUT2D eigenvalue weighted by Crippen LogP contribution is 2.38. The number of nitrogens with one attached hydrogen (secondary N) is 1. The van der Waals surface area contributed by atoms with Crippen molar-refractivity contribution in [3.63, 3.8) is 0 Å². The van der Waals surface area contributed by atoms with Gasteiger partial charge in [-0.05, 0) is 93.4 Å². The number of likely N-dealkylation sites (N-methyl/N-ethyl adjacent to an activating group) is 1. The van der Waals surface area contributed by atoms with Crippen LogP contribution in [0.25, 0.3) is 22.2 Å². The first kappa shape index (κ1) is 25.0. The minimum Gasteiger partial charge on any atom is -0.379 e. The van der Waals surface area contributed by atoms with Crippen molar-refractivity contribution in [1.82, 2.24) is 19.8 Å². The molecule has 1 aromatic carbocycles. The second-order valence-corrected chi connectivity index (χ2v) is 11.1. The number of carbonyl (C=O) groups excluding carboxylic acids is 1. The zero-order valence-electron chi connectivity index (χ0n) is 22.4. The van der Waals surface area contributed by atoms with Crippen LogP contribution in [0.3, 0.4) is 0 Å². The second-order valence-electron chi connectivity index (χ2n) is 11.1. The number of fused-ring (bicyclic) bond motifs is 1. The number of benzene rings is 1. The lowest BCUT2D eigenvalue weighted by atomic mass is 9.87. The molecule has 5 rings (SSSR count). The molecule has 2 aliphatic rings. The molecular weight excluding hydrogens is 448 g/mol. The normalized spacial score (nSPS) is 19.4. The third kappa shape index (κ3) is 5.07. The van der Waals surface area contributed by atoms with E-state index in [2.05, 4.69) is 72.9 Å². The molecule has 6 heteroatoms. The first-order valence-corrected chi connectivity index (χ1v) is 13.5. The Hall–Kier alpha value is -2.70. The van der Waals surface area contributed by atoms with Gasteiger partial charge in [0.25, 0.3) is 0 Å². The summed E-state index contributed by atoms with van der Waals surface area (Å²) in [5.41, 5.74) is 8.54. The van der Waals surface area contributed by atoms with E-state index >= 15 is 0 Å². The van der Waals surface area contributed by atoms with Crippen LogP contribution in [-0.4, -0.2) is 71.6 Å². The zero-order valence-corrected chi connectivity index (χ0v) is 22.4. The summed E-state index contributed by atoms with van der Waals surface area (Å²) in [6.07, 6.45) is 3.13. The number of aromatic nitrogens is 2. The lowest BCUT2D eigenvalue weighted by Gasteiger charge is -2.33. The van der Waals surface area contributed by atoms with Crippen molar-refractivity contribution in [1.29, 1.82) is 0 Å². The van der Waals surface area contributed by atoms with Crippen LogP contribution in [0.15, 0.2) is 30.3 Å². The molecule has 0 radical (unpaired) electrons. The highest BCUT2D eigenvalue weighted by atomic mass is 16.5. The molecule has 1 N–H and O–H groups in total. The van der Waals surface area contributed by atoms with E-state index in [1.807, 2.05) is 11.9 Å². The van der Waals surface area contributed by atoms with E-state index in [9.17, 15) is 4.79 Å². The predicted octanol–water partition coefficient (Wildman–Crippen LogP) is 5.40. The number of ether oxygens (including phenoxy) is 1. The fraction of sp³-hybridized carbons (Fsp3) is 0.533. The summed E-state index contributed by atoms with van der Waals surface area (Å²) < 4.78 is 5.46. The Bertz CT molecular complexity index is 1210. The van der Waals surface area contributed by atoms with Crippen LogP contribution >= 0.6 is 0 Å². The minimum absolute atomic E-state index is 0.216. The van der Waals surface area contributed by atoms with E-state index in [1.165, 1.54) is 33.3 Å². The number of amides is 1. The fourth-order valence-electron chi connectivity index (χ4n) is 6.05. The Morgan fingerprint density at radius 2 is 1.86 bits per heavy atom. The summed E-state index contributed by atoms with van der Waals surface area (Å²) in [6, 6.07) is 11.6. The van der Waals surface area contributed by atoms with Crippen molar-refractivity contribution in [3.05, 3.63) is 52.8 Å².